The van der Waals surface area contributed by atoms with Crippen LogP contribution in [-0.2, 0) is 9.59 Å². The van der Waals surface area contributed by atoms with Crippen molar-refractivity contribution in [2.45, 2.75) is 40.5 Å². The molecule has 0 aromatic heterocycles. The van der Waals surface area contributed by atoms with Crippen LogP contribution >= 0.6 is 11.6 Å². The predicted molar refractivity (Wildman–Crippen MR) is 112 cm³/mol. The number of aliphatic imine (C=N–C) groups is 1. The second-order valence-electron chi connectivity index (χ2n) is 6.32. The van der Waals surface area contributed by atoms with Gasteiger partial charge in [-0.1, -0.05) is 25.4 Å². The highest BCUT2D eigenvalue weighted by Crippen LogP contribution is 2.26. The summed E-state index contributed by atoms with van der Waals surface area (Å²) in [6.07, 6.45) is 2.95. The lowest BCUT2D eigenvalue weighted by atomic mass is 10.0. The first-order chi connectivity index (χ1) is 12.9. The molecule has 1 N–H and O–H groups in total. The molecule has 1 aromatic rings. The lowest BCUT2D eigenvalue weighted by Gasteiger charge is -2.22. The summed E-state index contributed by atoms with van der Waals surface area (Å²) >= 11 is 6.17. The van der Waals surface area contributed by atoms with Gasteiger partial charge in [0.05, 0.1) is 22.1 Å². The number of carbonyl (C=O) groups is 2. The topological polar surface area (TPSA) is 61.8 Å². The van der Waals surface area contributed by atoms with Crippen LogP contribution in [0.5, 0.6) is 0 Å². The monoisotopic (exact) mass is 387 g/mol. The first kappa shape index (κ1) is 20.9. The highest BCUT2D eigenvalue weighted by atomic mass is 35.5. The molecule has 0 radical (unpaired) electrons. The zero-order chi connectivity index (χ0) is 20.0. The fraction of sp³-hybridized carbons (Fsp3) is 0.381. The van der Waals surface area contributed by atoms with Crippen LogP contribution < -0.4 is 10.2 Å². The van der Waals surface area contributed by atoms with Crippen LogP contribution in [0.2, 0.25) is 0 Å². The van der Waals surface area contributed by atoms with Gasteiger partial charge < -0.3 is 10.2 Å². The third kappa shape index (κ3) is 5.07. The second kappa shape index (κ2) is 9.51. The van der Waals surface area contributed by atoms with Crippen LogP contribution in [0, 0.1) is 0 Å². The molecule has 144 valence electrons. The summed E-state index contributed by atoms with van der Waals surface area (Å²) in [5.41, 5.74) is 3.24. The maximum atomic E-state index is 12.3. The maximum Gasteiger partial charge on any atom is 0.224 e. The standard InChI is InChI=1S/C21H26ClN3O2/c1-5-12-25(7-3)16-10-8-15(9-11-16)23-17-13-18(24-19(26)6-2)21(27)20(22)14(17)4/h8-11,13H,5-7,12H2,1-4H3,(H,24,26). The van der Waals surface area contributed by atoms with Gasteiger partial charge in [-0.15, -0.1) is 0 Å². The second-order valence-corrected chi connectivity index (χ2v) is 6.70. The highest BCUT2D eigenvalue weighted by molar-refractivity contribution is 6.49. The van der Waals surface area contributed by atoms with E-state index in [1.807, 2.05) is 24.3 Å². The zero-order valence-electron chi connectivity index (χ0n) is 16.3. The Balaban J connectivity index is 2.32. The van der Waals surface area contributed by atoms with Gasteiger partial charge in [-0.25, -0.2) is 4.99 Å². The number of anilines is 1. The van der Waals surface area contributed by atoms with E-state index in [4.69, 9.17) is 11.6 Å². The van der Waals surface area contributed by atoms with E-state index in [1.165, 1.54) is 0 Å². The Kier molecular flexibility index (Phi) is 7.36. The van der Waals surface area contributed by atoms with Gasteiger partial charge in [-0.3, -0.25) is 9.59 Å². The predicted octanol–water partition coefficient (Wildman–Crippen LogP) is 4.50. The van der Waals surface area contributed by atoms with Crippen LogP contribution in [0.3, 0.4) is 0 Å². The maximum absolute atomic E-state index is 12.3. The van der Waals surface area contributed by atoms with Crippen LogP contribution in [-0.4, -0.2) is 30.5 Å². The molecule has 0 fully saturated rings. The van der Waals surface area contributed by atoms with E-state index in [-0.39, 0.29) is 28.8 Å². The van der Waals surface area contributed by atoms with Gasteiger partial charge in [0, 0.05) is 25.2 Å². The number of benzene rings is 1. The quantitative estimate of drug-likeness (QED) is 0.700. The number of Topliss-reactive ketones (excluding diaryl/α,β-unsaturated/α-hetero) is 1. The largest absolute Gasteiger partial charge is 0.372 e. The van der Waals surface area contributed by atoms with Crippen molar-refractivity contribution < 1.29 is 9.59 Å². The van der Waals surface area contributed by atoms with Gasteiger partial charge in [-0.05, 0) is 56.2 Å². The number of hydrogen-bond donors (Lipinski definition) is 1. The Morgan fingerprint density at radius 1 is 1.19 bits per heavy atom. The number of nitrogens with zero attached hydrogens (tertiary/aromatic N) is 2. The molecule has 1 aliphatic rings. The zero-order valence-corrected chi connectivity index (χ0v) is 17.1. The Morgan fingerprint density at radius 3 is 2.41 bits per heavy atom. The fourth-order valence-corrected chi connectivity index (χ4v) is 2.97. The molecule has 0 aliphatic heterocycles. The van der Waals surface area contributed by atoms with Crippen LogP contribution in [0.1, 0.15) is 40.5 Å². The van der Waals surface area contributed by atoms with Gasteiger partial charge in [0.2, 0.25) is 11.7 Å². The lowest BCUT2D eigenvalue weighted by molar-refractivity contribution is -0.121. The van der Waals surface area contributed by atoms with E-state index in [0.29, 0.717) is 11.3 Å². The van der Waals surface area contributed by atoms with Gasteiger partial charge in [-0.2, -0.15) is 0 Å². The fourth-order valence-electron chi connectivity index (χ4n) is 2.78. The molecule has 0 unspecified atom stereocenters. The number of hydrogen-bond acceptors (Lipinski definition) is 4. The van der Waals surface area contributed by atoms with Crippen molar-refractivity contribution in [2.24, 2.45) is 4.99 Å². The van der Waals surface area contributed by atoms with Gasteiger partial charge in [0.15, 0.2) is 0 Å². The average Bonchev–Trinajstić information content (AvgIpc) is 2.68. The highest BCUT2D eigenvalue weighted by Gasteiger charge is 2.24. The molecule has 1 amide bonds. The molecule has 1 aliphatic carbocycles. The smallest absolute Gasteiger partial charge is 0.224 e. The molecule has 0 spiro atoms. The van der Waals surface area contributed by atoms with E-state index < -0.39 is 0 Å². The van der Waals surface area contributed by atoms with E-state index in [0.717, 1.165) is 30.9 Å². The third-order valence-corrected chi connectivity index (χ3v) is 4.83. The molecule has 1 aromatic carbocycles. The molecule has 5 nitrogen and oxygen atoms in total. The number of carbonyl (C=O) groups excluding carboxylic acids is 2. The van der Waals surface area contributed by atoms with Crippen molar-refractivity contribution in [1.29, 1.82) is 0 Å². The molecule has 27 heavy (non-hydrogen) atoms. The molecule has 0 saturated heterocycles. The first-order valence-corrected chi connectivity index (χ1v) is 9.65. The Hall–Kier alpha value is -2.40. The number of ketones is 1. The average molecular weight is 388 g/mol. The molecule has 0 atom stereocenters. The summed E-state index contributed by atoms with van der Waals surface area (Å²) in [5, 5.41) is 2.68. The Labute approximate surface area is 165 Å². The summed E-state index contributed by atoms with van der Waals surface area (Å²) < 4.78 is 0. The van der Waals surface area contributed by atoms with Crippen LogP contribution in [0.15, 0.2) is 51.6 Å². The third-order valence-electron chi connectivity index (χ3n) is 4.37. The minimum absolute atomic E-state index is 0.0828. The van der Waals surface area contributed by atoms with Crippen molar-refractivity contribution in [3.63, 3.8) is 0 Å². The van der Waals surface area contributed by atoms with Crippen LogP contribution in [0.25, 0.3) is 0 Å². The van der Waals surface area contributed by atoms with Crippen LogP contribution in [0.4, 0.5) is 11.4 Å². The van der Waals surface area contributed by atoms with Crippen molar-refractivity contribution in [2.75, 3.05) is 18.0 Å². The van der Waals surface area contributed by atoms with E-state index >= 15 is 0 Å². The number of allylic oxidation sites excluding steroid dienone is 3. The van der Waals surface area contributed by atoms with E-state index in [9.17, 15) is 9.59 Å². The van der Waals surface area contributed by atoms with E-state index in [2.05, 4.69) is 29.1 Å². The Morgan fingerprint density at radius 2 is 1.85 bits per heavy atom. The summed E-state index contributed by atoms with van der Waals surface area (Å²) in [7, 11) is 0. The van der Waals surface area contributed by atoms with Crippen molar-refractivity contribution in [1.82, 2.24) is 5.32 Å². The van der Waals surface area contributed by atoms with E-state index in [1.54, 1.807) is 19.9 Å². The number of nitrogens with one attached hydrogen (secondary N) is 1. The normalized spacial score (nSPS) is 15.8. The minimum atomic E-state index is -0.386. The molecule has 2 rings (SSSR count). The summed E-state index contributed by atoms with van der Waals surface area (Å²) in [4.78, 5) is 30.8. The van der Waals surface area contributed by atoms with Gasteiger partial charge in [0.25, 0.3) is 0 Å². The molecule has 0 heterocycles. The van der Waals surface area contributed by atoms with Gasteiger partial charge >= 0.3 is 0 Å². The minimum Gasteiger partial charge on any atom is -0.372 e. The first-order valence-electron chi connectivity index (χ1n) is 9.27. The number of amides is 1. The van der Waals surface area contributed by atoms with Crippen molar-refractivity contribution in [3.8, 4) is 0 Å². The molecular weight excluding hydrogens is 362 g/mol. The van der Waals surface area contributed by atoms with Crippen molar-refractivity contribution in [3.05, 3.63) is 46.6 Å². The molecule has 0 bridgehead atoms. The lowest BCUT2D eigenvalue weighted by Crippen LogP contribution is -2.30. The summed E-state index contributed by atoms with van der Waals surface area (Å²) in [5.74, 6) is -0.624. The Bertz CT molecular complexity index is 807. The van der Waals surface area contributed by atoms with Gasteiger partial charge in [0.1, 0.15) is 0 Å². The summed E-state index contributed by atoms with van der Waals surface area (Å²) in [6, 6.07) is 7.96. The molecule has 6 heteroatoms. The van der Waals surface area contributed by atoms with Crippen molar-refractivity contribution >= 4 is 40.4 Å². The number of halogens is 1. The molecule has 0 saturated carbocycles. The summed E-state index contributed by atoms with van der Waals surface area (Å²) in [6.45, 7) is 9.73. The molecular formula is C21H26ClN3O2. The number of rotatable bonds is 7. The SMILES string of the molecule is CCCN(CC)c1ccc(N=C2C=C(NC(=O)CC)C(=O)C(Cl)=C2C)cc1.